The average Bonchev–Trinajstić information content (AvgIpc) is 3.60. The quantitative estimate of drug-likeness (QED) is 0.368. The van der Waals surface area contributed by atoms with Crippen molar-refractivity contribution in [2.45, 2.75) is 32.9 Å². The average molecular weight is 482 g/mol. The number of rotatable bonds is 7. The molecule has 8 heteroatoms. The number of benzene rings is 1. The molecule has 4 heterocycles. The first kappa shape index (κ1) is 23.4. The lowest BCUT2D eigenvalue weighted by atomic mass is 9.94. The molecular formula is C28H27N5O3. The molecule has 0 spiro atoms. The van der Waals surface area contributed by atoms with Crippen molar-refractivity contribution >= 4 is 11.8 Å². The minimum Gasteiger partial charge on any atom is -0.459 e. The van der Waals surface area contributed by atoms with E-state index in [-0.39, 0.29) is 23.4 Å². The number of oxazole rings is 1. The molecule has 1 aliphatic rings. The van der Waals surface area contributed by atoms with E-state index in [0.717, 1.165) is 16.7 Å². The molecule has 36 heavy (non-hydrogen) atoms. The van der Waals surface area contributed by atoms with Gasteiger partial charge in [0.1, 0.15) is 6.07 Å². The number of hydrogen-bond acceptors (Lipinski definition) is 7. The van der Waals surface area contributed by atoms with E-state index in [0.29, 0.717) is 50.7 Å². The van der Waals surface area contributed by atoms with E-state index < -0.39 is 0 Å². The van der Waals surface area contributed by atoms with Crippen LogP contribution < -0.4 is 4.90 Å². The highest BCUT2D eigenvalue weighted by Gasteiger charge is 2.32. The van der Waals surface area contributed by atoms with Crippen LogP contribution in [0.1, 0.15) is 35.2 Å². The van der Waals surface area contributed by atoms with Crippen molar-refractivity contribution in [2.75, 3.05) is 18.0 Å². The number of nitrogens with zero attached hydrogens (tertiary/aromatic N) is 5. The van der Waals surface area contributed by atoms with Gasteiger partial charge in [-0.15, -0.1) is 0 Å². The molecule has 8 nitrogen and oxygen atoms in total. The Kier molecular flexibility index (Phi) is 6.80. The van der Waals surface area contributed by atoms with E-state index in [2.05, 4.69) is 35.1 Å². The van der Waals surface area contributed by atoms with Crippen LogP contribution in [0.5, 0.6) is 0 Å². The summed E-state index contributed by atoms with van der Waals surface area (Å²) in [5.41, 5.74) is 3.53. The van der Waals surface area contributed by atoms with Crippen molar-refractivity contribution in [2.24, 2.45) is 5.92 Å². The van der Waals surface area contributed by atoms with Gasteiger partial charge in [0.2, 0.25) is 17.5 Å². The molecule has 0 bridgehead atoms. The summed E-state index contributed by atoms with van der Waals surface area (Å²) in [5, 5.41) is 9.58. The molecule has 1 aromatic carbocycles. The predicted molar refractivity (Wildman–Crippen MR) is 134 cm³/mol. The van der Waals surface area contributed by atoms with Gasteiger partial charge >= 0.3 is 0 Å². The molecule has 0 unspecified atom stereocenters. The minimum absolute atomic E-state index is 0.111. The highest BCUT2D eigenvalue weighted by molar-refractivity contribution is 5.79. The molecule has 1 aliphatic heterocycles. The first-order chi connectivity index (χ1) is 17.6. The second kappa shape index (κ2) is 10.5. The van der Waals surface area contributed by atoms with Crippen LogP contribution in [0, 0.1) is 24.2 Å². The normalized spacial score (nSPS) is 13.9. The molecule has 182 valence electrons. The Balaban J connectivity index is 1.30. The summed E-state index contributed by atoms with van der Waals surface area (Å²) in [6.07, 6.45) is 6.42. The molecule has 0 saturated carbocycles. The Bertz CT molecular complexity index is 1350. The van der Waals surface area contributed by atoms with Crippen LogP contribution in [-0.4, -0.2) is 33.9 Å². The maximum Gasteiger partial charge on any atom is 0.266 e. The zero-order valence-corrected chi connectivity index (χ0v) is 20.1. The van der Waals surface area contributed by atoms with Crippen molar-refractivity contribution in [3.8, 4) is 17.7 Å². The summed E-state index contributed by atoms with van der Waals surface area (Å²) in [6.45, 7) is 4.33. The van der Waals surface area contributed by atoms with E-state index in [9.17, 15) is 10.1 Å². The number of aromatic nitrogens is 2. The van der Waals surface area contributed by atoms with Crippen molar-refractivity contribution in [1.29, 1.82) is 5.26 Å². The maximum absolute atomic E-state index is 13.7. The number of aryl methyl sites for hydroxylation is 1. The minimum atomic E-state index is -0.111. The molecule has 0 aliphatic carbocycles. The molecule has 1 saturated heterocycles. The lowest BCUT2D eigenvalue weighted by Gasteiger charge is -2.34. The van der Waals surface area contributed by atoms with E-state index in [1.807, 2.05) is 40.3 Å². The Hall–Kier alpha value is -4.38. The van der Waals surface area contributed by atoms with Crippen LogP contribution in [0.25, 0.3) is 11.7 Å². The number of carbonyl (C=O) groups is 1. The summed E-state index contributed by atoms with van der Waals surface area (Å²) in [5.74, 6) is 1.22. The Labute approximate surface area is 209 Å². The number of hydrogen-bond donors (Lipinski definition) is 0. The van der Waals surface area contributed by atoms with Crippen molar-refractivity contribution in [3.05, 3.63) is 89.6 Å². The topological polar surface area (TPSA) is 99.4 Å². The number of anilines is 1. The maximum atomic E-state index is 13.7. The van der Waals surface area contributed by atoms with Gasteiger partial charge in [-0.1, -0.05) is 30.3 Å². The second-order valence-electron chi connectivity index (χ2n) is 9.01. The van der Waals surface area contributed by atoms with Gasteiger partial charge in [0.25, 0.3) is 5.89 Å². The summed E-state index contributed by atoms with van der Waals surface area (Å²) < 4.78 is 11.3. The lowest BCUT2D eigenvalue weighted by molar-refractivity contribution is -0.137. The third-order valence-electron chi connectivity index (χ3n) is 6.61. The molecule has 0 atom stereocenters. The smallest absolute Gasteiger partial charge is 0.266 e. The molecular weight excluding hydrogens is 454 g/mol. The Morgan fingerprint density at radius 1 is 1.14 bits per heavy atom. The van der Waals surface area contributed by atoms with Crippen molar-refractivity contribution in [3.63, 3.8) is 0 Å². The number of furan rings is 1. The monoisotopic (exact) mass is 481 g/mol. The summed E-state index contributed by atoms with van der Waals surface area (Å²) in [6, 6.07) is 17.7. The van der Waals surface area contributed by atoms with Gasteiger partial charge in [-0.3, -0.25) is 9.78 Å². The van der Waals surface area contributed by atoms with Gasteiger partial charge < -0.3 is 18.6 Å². The van der Waals surface area contributed by atoms with Crippen LogP contribution in [0.4, 0.5) is 5.88 Å². The van der Waals surface area contributed by atoms with Gasteiger partial charge in [-0.25, -0.2) is 0 Å². The number of carbonyl (C=O) groups excluding carboxylic acids is 1. The molecule has 1 amide bonds. The largest absolute Gasteiger partial charge is 0.459 e. The zero-order valence-electron chi connectivity index (χ0n) is 20.1. The third-order valence-corrected chi connectivity index (χ3v) is 6.61. The SMILES string of the molecule is Cc1ccccc1CN(Cc1cccnc1)C(=O)C1CCN(c2oc(-c3ccco3)nc2C#N)CC1. The number of pyridine rings is 1. The molecule has 1 fully saturated rings. The first-order valence-electron chi connectivity index (χ1n) is 12.0. The molecule has 5 rings (SSSR count). The highest BCUT2D eigenvalue weighted by Crippen LogP contribution is 2.32. The van der Waals surface area contributed by atoms with E-state index in [1.165, 1.54) is 6.26 Å². The molecule has 0 N–H and O–H groups in total. The summed E-state index contributed by atoms with van der Waals surface area (Å²) >= 11 is 0. The van der Waals surface area contributed by atoms with Gasteiger partial charge in [-0.05, 0) is 54.7 Å². The van der Waals surface area contributed by atoms with E-state index >= 15 is 0 Å². The fourth-order valence-electron chi connectivity index (χ4n) is 4.61. The molecule has 4 aromatic rings. The van der Waals surface area contributed by atoms with Gasteiger partial charge in [0.15, 0.2) is 5.76 Å². The van der Waals surface area contributed by atoms with Crippen molar-refractivity contribution in [1.82, 2.24) is 14.9 Å². The zero-order chi connectivity index (χ0) is 24.9. The van der Waals surface area contributed by atoms with Crippen LogP contribution in [0.2, 0.25) is 0 Å². The highest BCUT2D eigenvalue weighted by atomic mass is 16.4. The van der Waals surface area contributed by atoms with Crippen LogP contribution in [0.15, 0.2) is 76.0 Å². The first-order valence-corrected chi connectivity index (χ1v) is 12.0. The lowest BCUT2D eigenvalue weighted by Crippen LogP contribution is -2.42. The van der Waals surface area contributed by atoms with E-state index in [4.69, 9.17) is 8.83 Å². The third kappa shape index (κ3) is 5.01. The number of nitriles is 1. The van der Waals surface area contributed by atoms with E-state index in [1.54, 1.807) is 18.3 Å². The van der Waals surface area contributed by atoms with Gasteiger partial charge in [0, 0.05) is 44.5 Å². The van der Waals surface area contributed by atoms with Crippen LogP contribution >= 0.6 is 0 Å². The molecule has 3 aromatic heterocycles. The number of amides is 1. The Morgan fingerprint density at radius 3 is 2.67 bits per heavy atom. The predicted octanol–water partition coefficient (Wildman–Crippen LogP) is 4.96. The second-order valence-corrected chi connectivity index (χ2v) is 9.01. The van der Waals surface area contributed by atoms with Crippen molar-refractivity contribution < 1.29 is 13.6 Å². The summed E-state index contributed by atoms with van der Waals surface area (Å²) in [7, 11) is 0. The summed E-state index contributed by atoms with van der Waals surface area (Å²) in [4.78, 5) is 26.2. The van der Waals surface area contributed by atoms with Gasteiger partial charge in [-0.2, -0.15) is 10.2 Å². The molecule has 0 radical (unpaired) electrons. The standard InChI is InChI=1S/C28H27N5O3/c1-20-6-2-3-8-23(20)19-33(18-21-7-4-12-30-17-21)27(34)22-10-13-32(14-11-22)28-24(16-29)31-26(36-28)25-9-5-15-35-25/h2-9,12,15,17,22H,10-11,13-14,18-19H2,1H3. The van der Waals surface area contributed by atoms with Crippen LogP contribution in [-0.2, 0) is 17.9 Å². The fourth-order valence-corrected chi connectivity index (χ4v) is 4.61. The van der Waals surface area contributed by atoms with Gasteiger partial charge in [0.05, 0.1) is 6.26 Å². The number of piperidine rings is 1. The Morgan fingerprint density at radius 2 is 1.97 bits per heavy atom. The van der Waals surface area contributed by atoms with Crippen LogP contribution in [0.3, 0.4) is 0 Å². The fraction of sp³-hybridized carbons (Fsp3) is 0.286.